The molecule has 1 amide bonds. The third-order valence-electron chi connectivity index (χ3n) is 2.71. The maximum Gasteiger partial charge on any atom is 0.387 e. The topological polar surface area (TPSA) is 64.4 Å². The molecule has 0 aliphatic carbocycles. The molecule has 1 rings (SSSR count). The number of nitrogens with two attached hydrogens (primary N) is 1. The van der Waals surface area contributed by atoms with Crippen molar-refractivity contribution in [3.05, 3.63) is 23.2 Å². The number of nitrogens with one attached hydrogen (secondary N) is 1. The second-order valence-electron chi connectivity index (χ2n) is 4.68. The normalized spacial score (nSPS) is 12.6. The molecule has 0 fully saturated rings. The van der Waals surface area contributed by atoms with Crippen LogP contribution in [0.25, 0.3) is 0 Å². The lowest BCUT2D eigenvalue weighted by Crippen LogP contribution is -2.31. The zero-order valence-corrected chi connectivity index (χ0v) is 12.0. The Labute approximate surface area is 121 Å². The first-order chi connectivity index (χ1) is 9.29. The first-order valence-corrected chi connectivity index (χ1v) is 6.47. The van der Waals surface area contributed by atoms with Gasteiger partial charge in [0.1, 0.15) is 5.75 Å². The summed E-state index contributed by atoms with van der Waals surface area (Å²) in [6, 6.07) is 3.80. The van der Waals surface area contributed by atoms with Crippen LogP contribution in [0.2, 0.25) is 5.02 Å². The average Bonchev–Trinajstić information content (AvgIpc) is 2.31. The van der Waals surface area contributed by atoms with Gasteiger partial charge in [0.25, 0.3) is 0 Å². The molecule has 0 aliphatic rings. The van der Waals surface area contributed by atoms with Gasteiger partial charge in [-0.2, -0.15) is 8.78 Å². The van der Waals surface area contributed by atoms with E-state index in [9.17, 15) is 13.6 Å². The van der Waals surface area contributed by atoms with Crippen molar-refractivity contribution >= 4 is 23.2 Å². The summed E-state index contributed by atoms with van der Waals surface area (Å²) < 4.78 is 28.3. The predicted octanol–water partition coefficient (Wildman–Crippen LogP) is 3.25. The van der Waals surface area contributed by atoms with Crippen LogP contribution in [0.4, 0.5) is 14.5 Å². The van der Waals surface area contributed by atoms with E-state index in [1.165, 1.54) is 18.2 Å². The first-order valence-electron chi connectivity index (χ1n) is 6.09. The summed E-state index contributed by atoms with van der Waals surface area (Å²) in [7, 11) is 0. The number of carbonyl (C=O) groups excluding carboxylic acids is 1. The Morgan fingerprint density at radius 1 is 1.45 bits per heavy atom. The van der Waals surface area contributed by atoms with E-state index >= 15 is 0 Å². The van der Waals surface area contributed by atoms with Crippen molar-refractivity contribution in [2.45, 2.75) is 32.9 Å². The van der Waals surface area contributed by atoms with E-state index < -0.39 is 6.61 Å². The number of ether oxygens (including phenoxy) is 1. The van der Waals surface area contributed by atoms with Gasteiger partial charge in [-0.05, 0) is 24.1 Å². The van der Waals surface area contributed by atoms with E-state index in [0.29, 0.717) is 5.69 Å². The smallest absolute Gasteiger partial charge is 0.387 e. The van der Waals surface area contributed by atoms with Crippen LogP contribution < -0.4 is 15.8 Å². The molecule has 1 atom stereocenters. The highest BCUT2D eigenvalue weighted by Crippen LogP contribution is 2.29. The minimum absolute atomic E-state index is 0.00346. The number of amides is 1. The molecular weight excluding hydrogens is 290 g/mol. The molecule has 3 N–H and O–H groups in total. The van der Waals surface area contributed by atoms with Gasteiger partial charge in [-0.3, -0.25) is 4.79 Å². The summed E-state index contributed by atoms with van der Waals surface area (Å²) in [4.78, 5) is 11.7. The van der Waals surface area contributed by atoms with E-state index in [1.807, 2.05) is 13.8 Å². The maximum atomic E-state index is 12.1. The Morgan fingerprint density at radius 3 is 2.60 bits per heavy atom. The van der Waals surface area contributed by atoms with E-state index in [-0.39, 0.29) is 35.1 Å². The number of hydrogen-bond donors (Lipinski definition) is 2. The Kier molecular flexibility index (Phi) is 6.16. The maximum absolute atomic E-state index is 12.1. The molecule has 0 heterocycles. The van der Waals surface area contributed by atoms with Crippen LogP contribution in [-0.4, -0.2) is 18.6 Å². The van der Waals surface area contributed by atoms with Crippen molar-refractivity contribution in [3.8, 4) is 5.75 Å². The van der Waals surface area contributed by atoms with Gasteiger partial charge < -0.3 is 15.8 Å². The number of rotatable bonds is 6. The fourth-order valence-corrected chi connectivity index (χ4v) is 1.66. The number of carbonyl (C=O) groups is 1. The quantitative estimate of drug-likeness (QED) is 0.848. The zero-order chi connectivity index (χ0) is 15.3. The summed E-state index contributed by atoms with van der Waals surface area (Å²) in [6.45, 7) is 0.897. The SMILES string of the molecule is CC(C)C(N)CC(=O)Nc1ccc(OC(F)F)c(Cl)c1. The number of halogens is 3. The molecule has 1 aromatic rings. The van der Waals surface area contributed by atoms with Crippen LogP contribution in [-0.2, 0) is 4.79 Å². The number of alkyl halides is 2. The molecule has 0 radical (unpaired) electrons. The van der Waals surface area contributed by atoms with E-state index in [2.05, 4.69) is 10.1 Å². The van der Waals surface area contributed by atoms with Gasteiger partial charge in [0, 0.05) is 18.2 Å². The molecule has 0 aromatic heterocycles. The van der Waals surface area contributed by atoms with Crippen LogP contribution in [0.3, 0.4) is 0 Å². The highest BCUT2D eigenvalue weighted by Gasteiger charge is 2.14. The summed E-state index contributed by atoms with van der Waals surface area (Å²) in [6.07, 6.45) is 0.171. The molecule has 1 unspecified atom stereocenters. The molecule has 7 heteroatoms. The van der Waals surface area contributed by atoms with Crippen molar-refractivity contribution in [1.82, 2.24) is 0 Å². The van der Waals surface area contributed by atoms with Gasteiger partial charge >= 0.3 is 6.61 Å². The molecule has 1 aromatic carbocycles. The Bertz CT molecular complexity index is 470. The van der Waals surface area contributed by atoms with Crippen LogP contribution in [0.1, 0.15) is 20.3 Å². The first kappa shape index (κ1) is 16.7. The molecule has 4 nitrogen and oxygen atoms in total. The zero-order valence-electron chi connectivity index (χ0n) is 11.2. The summed E-state index contributed by atoms with van der Waals surface area (Å²) >= 11 is 5.78. The predicted molar refractivity (Wildman–Crippen MR) is 74.1 cm³/mol. The highest BCUT2D eigenvalue weighted by molar-refractivity contribution is 6.32. The fourth-order valence-electron chi connectivity index (χ4n) is 1.43. The molecule has 0 saturated heterocycles. The lowest BCUT2D eigenvalue weighted by molar-refractivity contribution is -0.116. The number of anilines is 1. The van der Waals surface area contributed by atoms with Crippen molar-refractivity contribution < 1.29 is 18.3 Å². The highest BCUT2D eigenvalue weighted by atomic mass is 35.5. The summed E-state index contributed by atoms with van der Waals surface area (Å²) in [5, 5.41) is 2.60. The lowest BCUT2D eigenvalue weighted by atomic mass is 10.0. The van der Waals surface area contributed by atoms with Crippen molar-refractivity contribution in [1.29, 1.82) is 0 Å². The van der Waals surface area contributed by atoms with Gasteiger partial charge in [-0.1, -0.05) is 25.4 Å². The Balaban J connectivity index is 2.65. The summed E-state index contributed by atoms with van der Waals surface area (Å²) in [5.41, 5.74) is 6.19. The van der Waals surface area contributed by atoms with Crippen LogP contribution in [0.15, 0.2) is 18.2 Å². The Morgan fingerprint density at radius 2 is 2.10 bits per heavy atom. The second-order valence-corrected chi connectivity index (χ2v) is 5.09. The fraction of sp³-hybridized carbons (Fsp3) is 0.462. The minimum Gasteiger partial charge on any atom is -0.433 e. The monoisotopic (exact) mass is 306 g/mol. The summed E-state index contributed by atoms with van der Waals surface area (Å²) in [5.74, 6) is -0.213. The second kappa shape index (κ2) is 7.40. The molecule has 20 heavy (non-hydrogen) atoms. The number of hydrogen-bond acceptors (Lipinski definition) is 3. The minimum atomic E-state index is -2.95. The Hall–Kier alpha value is -1.40. The van der Waals surface area contributed by atoms with Crippen molar-refractivity contribution in [2.75, 3.05) is 5.32 Å². The van der Waals surface area contributed by atoms with E-state index in [0.717, 1.165) is 0 Å². The molecule has 0 spiro atoms. The van der Waals surface area contributed by atoms with E-state index in [1.54, 1.807) is 0 Å². The van der Waals surface area contributed by atoms with Gasteiger partial charge in [0.05, 0.1) is 5.02 Å². The van der Waals surface area contributed by atoms with Crippen LogP contribution in [0, 0.1) is 5.92 Å². The molecule has 0 bridgehead atoms. The van der Waals surface area contributed by atoms with Crippen molar-refractivity contribution in [3.63, 3.8) is 0 Å². The average molecular weight is 307 g/mol. The third kappa shape index (κ3) is 5.30. The molecule has 112 valence electrons. The van der Waals surface area contributed by atoms with Gasteiger partial charge in [-0.25, -0.2) is 0 Å². The lowest BCUT2D eigenvalue weighted by Gasteiger charge is -2.15. The largest absolute Gasteiger partial charge is 0.433 e. The van der Waals surface area contributed by atoms with Gasteiger partial charge in [0.2, 0.25) is 5.91 Å². The number of benzene rings is 1. The van der Waals surface area contributed by atoms with Gasteiger partial charge in [-0.15, -0.1) is 0 Å². The standard InChI is InChI=1S/C13H17ClF2N2O2/c1-7(2)10(17)6-12(19)18-8-3-4-11(9(14)5-8)20-13(15)16/h3-5,7,10,13H,6,17H2,1-2H3,(H,18,19). The third-order valence-corrected chi connectivity index (χ3v) is 3.00. The van der Waals surface area contributed by atoms with Crippen LogP contribution >= 0.6 is 11.6 Å². The van der Waals surface area contributed by atoms with Crippen LogP contribution in [0.5, 0.6) is 5.75 Å². The molecule has 0 saturated carbocycles. The van der Waals surface area contributed by atoms with E-state index in [4.69, 9.17) is 17.3 Å². The molecule has 0 aliphatic heterocycles. The van der Waals surface area contributed by atoms with Gasteiger partial charge in [0.15, 0.2) is 0 Å². The molecular formula is C13H17ClF2N2O2. The van der Waals surface area contributed by atoms with Crippen molar-refractivity contribution in [2.24, 2.45) is 11.7 Å².